The van der Waals surface area contributed by atoms with Gasteiger partial charge in [-0.1, -0.05) is 13.8 Å². The lowest BCUT2D eigenvalue weighted by Crippen LogP contribution is -2.09. The van der Waals surface area contributed by atoms with E-state index in [0.717, 1.165) is 19.4 Å². The highest BCUT2D eigenvalue weighted by Crippen LogP contribution is 2.24. The molecule has 0 aliphatic heterocycles. The lowest BCUT2D eigenvalue weighted by molar-refractivity contribution is 0.664. The summed E-state index contributed by atoms with van der Waals surface area (Å²) < 4.78 is 1.98. The van der Waals surface area contributed by atoms with Crippen molar-refractivity contribution in [2.75, 3.05) is 6.54 Å². The summed E-state index contributed by atoms with van der Waals surface area (Å²) in [6, 6.07) is 0. The molecule has 0 saturated heterocycles. The molecule has 0 aromatic carbocycles. The van der Waals surface area contributed by atoms with Crippen LogP contribution in [0.5, 0.6) is 0 Å². The monoisotopic (exact) mass is 231 g/mol. The number of hydrogen-bond donors (Lipinski definition) is 0. The molecule has 17 heavy (non-hydrogen) atoms. The Hall–Kier alpha value is -1.38. The van der Waals surface area contributed by atoms with Gasteiger partial charge in [0.05, 0.1) is 6.20 Å². The van der Waals surface area contributed by atoms with E-state index in [1.165, 1.54) is 22.5 Å². The van der Waals surface area contributed by atoms with Crippen LogP contribution in [-0.2, 0) is 13.5 Å². The minimum absolute atomic E-state index is 0.628. The lowest BCUT2D eigenvalue weighted by atomic mass is 9.95. The van der Waals surface area contributed by atoms with E-state index in [1.54, 1.807) is 0 Å². The van der Waals surface area contributed by atoms with Gasteiger partial charge in [-0.05, 0) is 37.3 Å². The van der Waals surface area contributed by atoms with Gasteiger partial charge in [-0.25, -0.2) is 0 Å². The Morgan fingerprint density at radius 2 is 2.24 bits per heavy atom. The molecule has 2 rings (SSSR count). The average molecular weight is 231 g/mol. The summed E-state index contributed by atoms with van der Waals surface area (Å²) in [6.07, 6.45) is 6.35. The summed E-state index contributed by atoms with van der Waals surface area (Å²) in [5.41, 5.74) is 5.15. The molecule has 1 aromatic heterocycles. The number of aryl methyl sites for hydroxylation is 1. The van der Waals surface area contributed by atoms with Gasteiger partial charge >= 0.3 is 0 Å². The zero-order valence-electron chi connectivity index (χ0n) is 11.2. The number of fused-ring (bicyclic) bond motifs is 1. The molecular formula is C14H21N3. The standard InChI is InChI=1S/C14H21N3/c1-10(2)8-15-11(3)12-5-6-14-13(7-12)9-16-17(14)4/h7,9-10H,5-6,8H2,1-4H3. The summed E-state index contributed by atoms with van der Waals surface area (Å²) in [6.45, 7) is 7.44. The van der Waals surface area contributed by atoms with Crippen molar-refractivity contribution >= 4 is 11.8 Å². The smallest absolute Gasteiger partial charge is 0.0565 e. The van der Waals surface area contributed by atoms with Crippen molar-refractivity contribution in [3.05, 3.63) is 23.0 Å². The maximum absolute atomic E-state index is 4.65. The molecule has 0 fully saturated rings. The third kappa shape index (κ3) is 2.65. The number of hydrogen-bond acceptors (Lipinski definition) is 2. The Morgan fingerprint density at radius 3 is 2.94 bits per heavy atom. The second kappa shape index (κ2) is 4.86. The highest BCUT2D eigenvalue weighted by atomic mass is 15.3. The summed E-state index contributed by atoms with van der Waals surface area (Å²) in [5, 5.41) is 4.30. The Bertz CT molecular complexity index is 464. The van der Waals surface area contributed by atoms with Crippen LogP contribution in [-0.4, -0.2) is 22.0 Å². The molecule has 0 spiro atoms. The van der Waals surface area contributed by atoms with Gasteiger partial charge in [-0.3, -0.25) is 9.67 Å². The van der Waals surface area contributed by atoms with E-state index in [-0.39, 0.29) is 0 Å². The minimum Gasteiger partial charge on any atom is -0.290 e. The predicted molar refractivity (Wildman–Crippen MR) is 72.3 cm³/mol. The Labute approximate surface area is 103 Å². The van der Waals surface area contributed by atoms with Crippen LogP contribution in [0.2, 0.25) is 0 Å². The number of aromatic nitrogens is 2. The van der Waals surface area contributed by atoms with E-state index in [1.807, 2.05) is 17.9 Å². The first-order valence-electron chi connectivity index (χ1n) is 6.30. The molecule has 0 bridgehead atoms. The summed E-state index contributed by atoms with van der Waals surface area (Å²) in [4.78, 5) is 4.65. The van der Waals surface area contributed by atoms with Crippen molar-refractivity contribution in [1.29, 1.82) is 0 Å². The molecule has 3 nitrogen and oxygen atoms in total. The fourth-order valence-electron chi connectivity index (χ4n) is 2.13. The SMILES string of the molecule is CC(=NCC(C)C)C1=Cc2cnn(C)c2CC1. The van der Waals surface area contributed by atoms with Crippen molar-refractivity contribution in [1.82, 2.24) is 9.78 Å². The van der Waals surface area contributed by atoms with Crippen LogP contribution in [0, 0.1) is 5.92 Å². The first-order chi connectivity index (χ1) is 8.08. The van der Waals surface area contributed by atoms with Crippen molar-refractivity contribution in [2.24, 2.45) is 18.0 Å². The fourth-order valence-corrected chi connectivity index (χ4v) is 2.13. The van der Waals surface area contributed by atoms with E-state index in [9.17, 15) is 0 Å². The molecule has 0 atom stereocenters. The zero-order chi connectivity index (χ0) is 12.4. The molecule has 0 radical (unpaired) electrons. The molecule has 0 N–H and O–H groups in total. The van der Waals surface area contributed by atoms with Crippen molar-refractivity contribution in [2.45, 2.75) is 33.6 Å². The minimum atomic E-state index is 0.628. The Balaban J connectivity index is 2.19. The van der Waals surface area contributed by atoms with Gasteiger partial charge in [0.2, 0.25) is 0 Å². The van der Waals surface area contributed by atoms with Crippen LogP contribution in [0.25, 0.3) is 6.08 Å². The first kappa shape index (κ1) is 12.1. The van der Waals surface area contributed by atoms with Crippen LogP contribution in [0.15, 0.2) is 16.8 Å². The molecule has 92 valence electrons. The molecule has 1 aliphatic rings. The molecule has 1 aliphatic carbocycles. The van der Waals surface area contributed by atoms with Gasteiger partial charge in [-0.2, -0.15) is 5.10 Å². The molecule has 3 heteroatoms. The van der Waals surface area contributed by atoms with Crippen molar-refractivity contribution < 1.29 is 0 Å². The fraction of sp³-hybridized carbons (Fsp3) is 0.571. The highest BCUT2D eigenvalue weighted by Gasteiger charge is 2.15. The van der Waals surface area contributed by atoms with Crippen molar-refractivity contribution in [3.8, 4) is 0 Å². The first-order valence-corrected chi connectivity index (χ1v) is 6.30. The van der Waals surface area contributed by atoms with Gasteiger partial charge in [0.15, 0.2) is 0 Å². The van der Waals surface area contributed by atoms with Crippen LogP contribution in [0.1, 0.15) is 38.4 Å². The predicted octanol–water partition coefficient (Wildman–Crippen LogP) is 2.87. The van der Waals surface area contributed by atoms with E-state index in [0.29, 0.717) is 5.92 Å². The second-order valence-corrected chi connectivity index (χ2v) is 5.16. The van der Waals surface area contributed by atoms with Crippen LogP contribution in [0.3, 0.4) is 0 Å². The summed E-state index contributed by atoms with van der Waals surface area (Å²) in [7, 11) is 2.01. The van der Waals surface area contributed by atoms with Gasteiger partial charge in [0, 0.05) is 30.6 Å². The Kier molecular flexibility index (Phi) is 3.46. The van der Waals surface area contributed by atoms with Crippen molar-refractivity contribution in [3.63, 3.8) is 0 Å². The quantitative estimate of drug-likeness (QED) is 0.736. The number of allylic oxidation sites excluding steroid dienone is 1. The summed E-state index contributed by atoms with van der Waals surface area (Å²) >= 11 is 0. The largest absolute Gasteiger partial charge is 0.290 e. The summed E-state index contributed by atoms with van der Waals surface area (Å²) in [5.74, 6) is 0.628. The van der Waals surface area contributed by atoms with E-state index >= 15 is 0 Å². The third-order valence-electron chi connectivity index (χ3n) is 3.21. The molecule has 0 unspecified atom stereocenters. The van der Waals surface area contributed by atoms with Crippen LogP contribution in [0.4, 0.5) is 0 Å². The van der Waals surface area contributed by atoms with Gasteiger partial charge in [-0.15, -0.1) is 0 Å². The van der Waals surface area contributed by atoms with Crippen LogP contribution >= 0.6 is 0 Å². The normalized spacial score (nSPS) is 16.1. The lowest BCUT2D eigenvalue weighted by Gasteiger charge is -2.14. The average Bonchev–Trinajstić information content (AvgIpc) is 2.67. The van der Waals surface area contributed by atoms with Gasteiger partial charge in [0.25, 0.3) is 0 Å². The number of nitrogens with zero attached hydrogens (tertiary/aromatic N) is 3. The van der Waals surface area contributed by atoms with Gasteiger partial charge < -0.3 is 0 Å². The number of aliphatic imine (C=N–C) groups is 1. The molecular weight excluding hydrogens is 210 g/mol. The molecule has 1 heterocycles. The maximum Gasteiger partial charge on any atom is 0.0565 e. The highest BCUT2D eigenvalue weighted by molar-refractivity contribution is 6.02. The Morgan fingerprint density at radius 1 is 1.47 bits per heavy atom. The van der Waals surface area contributed by atoms with E-state index < -0.39 is 0 Å². The van der Waals surface area contributed by atoms with Crippen LogP contribution < -0.4 is 0 Å². The van der Waals surface area contributed by atoms with E-state index in [4.69, 9.17) is 0 Å². The zero-order valence-corrected chi connectivity index (χ0v) is 11.2. The molecule has 0 amide bonds. The topological polar surface area (TPSA) is 30.2 Å². The van der Waals surface area contributed by atoms with Gasteiger partial charge in [0.1, 0.15) is 0 Å². The molecule has 1 aromatic rings. The second-order valence-electron chi connectivity index (χ2n) is 5.16. The maximum atomic E-state index is 4.65. The molecule has 0 saturated carbocycles. The van der Waals surface area contributed by atoms with E-state index in [2.05, 4.69) is 36.9 Å². The number of rotatable bonds is 3. The third-order valence-corrected chi connectivity index (χ3v) is 3.21.